The zero-order valence-corrected chi connectivity index (χ0v) is 20.7. The predicted octanol–water partition coefficient (Wildman–Crippen LogP) is 4.61. The van der Waals surface area contributed by atoms with Crippen LogP contribution in [0.4, 0.5) is 20.3 Å². The Morgan fingerprint density at radius 3 is 2.64 bits per heavy atom. The predicted molar refractivity (Wildman–Crippen MR) is 131 cm³/mol. The van der Waals surface area contributed by atoms with E-state index in [1.807, 2.05) is 13.0 Å². The van der Waals surface area contributed by atoms with E-state index in [1.165, 1.54) is 16.9 Å². The number of carbonyl (C=O) groups is 1. The van der Waals surface area contributed by atoms with Gasteiger partial charge in [0, 0.05) is 25.5 Å². The maximum absolute atomic E-state index is 13.8. The Morgan fingerprint density at radius 2 is 1.97 bits per heavy atom. The molecule has 1 saturated heterocycles. The van der Waals surface area contributed by atoms with E-state index in [0.717, 1.165) is 32.1 Å². The van der Waals surface area contributed by atoms with Crippen molar-refractivity contribution in [2.75, 3.05) is 23.3 Å². The Labute approximate surface area is 208 Å². The number of hydrogen-bond acceptors (Lipinski definition) is 6. The summed E-state index contributed by atoms with van der Waals surface area (Å²) in [7, 11) is 0. The number of alkyl halides is 2. The first-order valence-corrected chi connectivity index (χ1v) is 12.7. The maximum atomic E-state index is 13.8. The molecule has 3 aromatic heterocycles. The monoisotopic (exact) mass is 501 g/mol. The molecule has 2 aliphatic rings. The van der Waals surface area contributed by atoms with Crippen LogP contribution in [-0.4, -0.2) is 54.1 Å². The number of aromatic nitrogens is 5. The number of anilines is 2. The fraction of sp³-hybridized carbons (Fsp3) is 0.600. The Hall–Kier alpha value is -3.08. The lowest BCUT2D eigenvalue weighted by atomic mass is 9.85. The van der Waals surface area contributed by atoms with Crippen LogP contribution in [0.5, 0.6) is 0 Å². The van der Waals surface area contributed by atoms with Crippen LogP contribution in [0.3, 0.4) is 0 Å². The van der Waals surface area contributed by atoms with Crippen LogP contribution in [0.15, 0.2) is 24.7 Å². The normalized spacial score (nSPS) is 22.3. The quantitative estimate of drug-likeness (QED) is 0.512. The molecule has 194 valence electrons. The minimum atomic E-state index is -2.81. The molecule has 11 heteroatoms. The van der Waals surface area contributed by atoms with Crippen LogP contribution < -0.4 is 10.2 Å². The molecular weight excluding hydrogens is 468 g/mol. The van der Waals surface area contributed by atoms with Gasteiger partial charge < -0.3 is 15.3 Å². The van der Waals surface area contributed by atoms with Gasteiger partial charge in [-0.25, -0.2) is 18.3 Å². The topological polar surface area (TPSA) is 101 Å². The number of nitrogens with one attached hydrogen (secondary N) is 1. The third-order valence-corrected chi connectivity index (χ3v) is 7.75. The number of piperidine rings is 1. The van der Waals surface area contributed by atoms with Crippen LogP contribution in [0, 0.1) is 5.92 Å². The number of fused-ring (bicyclic) bond motifs is 1. The van der Waals surface area contributed by atoms with Crippen molar-refractivity contribution in [2.24, 2.45) is 5.92 Å². The highest BCUT2D eigenvalue weighted by Gasteiger charge is 2.29. The molecule has 1 aliphatic carbocycles. The van der Waals surface area contributed by atoms with Crippen molar-refractivity contribution in [1.82, 2.24) is 24.4 Å². The van der Waals surface area contributed by atoms with E-state index in [-0.39, 0.29) is 17.3 Å². The average molecular weight is 502 g/mol. The van der Waals surface area contributed by atoms with Gasteiger partial charge in [-0.2, -0.15) is 10.2 Å². The van der Waals surface area contributed by atoms with E-state index in [2.05, 4.69) is 32.3 Å². The third kappa shape index (κ3) is 4.93. The second-order valence-electron chi connectivity index (χ2n) is 10.3. The fourth-order valence-corrected chi connectivity index (χ4v) is 5.27. The molecule has 0 radical (unpaired) electrons. The van der Waals surface area contributed by atoms with E-state index >= 15 is 0 Å². The van der Waals surface area contributed by atoms with Gasteiger partial charge in [0.05, 0.1) is 23.5 Å². The summed E-state index contributed by atoms with van der Waals surface area (Å²) in [6.45, 7) is 5.29. The Morgan fingerprint density at radius 1 is 1.25 bits per heavy atom. The standard InChI is InChI=1S/C25H33F2N7O2/c1-3-16-4-6-17(7-5-16)34-15-19(21(31-34)22(26)27)29-24(35)18-14-28-33-11-8-20(30-23(18)33)32-12-9-25(2,36)10-13-32/h8,11,14-17,22,36H,3-7,9-10,12-13H2,1-2H3,(H,29,35)/t16-,17-. The largest absolute Gasteiger partial charge is 0.390 e. The summed E-state index contributed by atoms with van der Waals surface area (Å²) >= 11 is 0. The minimum Gasteiger partial charge on any atom is -0.390 e. The summed E-state index contributed by atoms with van der Waals surface area (Å²) in [5.41, 5.74) is -0.568. The van der Waals surface area contributed by atoms with Crippen molar-refractivity contribution in [3.8, 4) is 0 Å². The molecule has 0 unspecified atom stereocenters. The van der Waals surface area contributed by atoms with E-state index in [4.69, 9.17) is 0 Å². The van der Waals surface area contributed by atoms with Crippen molar-refractivity contribution in [1.29, 1.82) is 0 Å². The van der Waals surface area contributed by atoms with Gasteiger partial charge in [0.25, 0.3) is 12.3 Å². The van der Waals surface area contributed by atoms with Gasteiger partial charge in [0.1, 0.15) is 11.4 Å². The van der Waals surface area contributed by atoms with Crippen molar-refractivity contribution < 1.29 is 18.7 Å². The second kappa shape index (κ2) is 9.76. The van der Waals surface area contributed by atoms with E-state index in [0.29, 0.717) is 43.3 Å². The second-order valence-corrected chi connectivity index (χ2v) is 10.3. The lowest BCUT2D eigenvalue weighted by Crippen LogP contribution is -2.42. The maximum Gasteiger partial charge on any atom is 0.284 e. The van der Waals surface area contributed by atoms with Crippen molar-refractivity contribution in [3.63, 3.8) is 0 Å². The van der Waals surface area contributed by atoms with Gasteiger partial charge >= 0.3 is 0 Å². The minimum absolute atomic E-state index is 0.0152. The van der Waals surface area contributed by atoms with Gasteiger partial charge in [-0.1, -0.05) is 13.3 Å². The van der Waals surface area contributed by atoms with Gasteiger partial charge in [-0.15, -0.1) is 0 Å². The number of hydrogen-bond donors (Lipinski definition) is 2. The molecule has 0 aromatic carbocycles. The zero-order chi connectivity index (χ0) is 25.4. The van der Waals surface area contributed by atoms with Gasteiger partial charge in [-0.3, -0.25) is 9.48 Å². The van der Waals surface area contributed by atoms with Gasteiger partial charge in [0.2, 0.25) is 0 Å². The molecule has 1 aliphatic heterocycles. The number of rotatable bonds is 6. The molecule has 3 aromatic rings. The number of aliphatic hydroxyl groups is 1. The fourth-order valence-electron chi connectivity index (χ4n) is 5.27. The molecule has 0 atom stereocenters. The number of carbonyl (C=O) groups excluding carboxylic acids is 1. The van der Waals surface area contributed by atoms with E-state index < -0.39 is 23.6 Å². The molecule has 0 spiro atoms. The molecule has 2 fully saturated rings. The SMILES string of the molecule is CC[C@H]1CC[C@H](n2cc(NC(=O)c3cnn4ccc(N5CCC(C)(O)CC5)nc34)c(C(F)F)n2)CC1. The Bertz CT molecular complexity index is 1220. The molecule has 9 nitrogen and oxygen atoms in total. The summed E-state index contributed by atoms with van der Waals surface area (Å²) in [5.74, 6) is 0.792. The number of amides is 1. The number of halogens is 2. The summed E-state index contributed by atoms with van der Waals surface area (Å²) in [5, 5.41) is 21.2. The first-order chi connectivity index (χ1) is 17.2. The lowest BCUT2D eigenvalue weighted by molar-refractivity contribution is 0.0350. The van der Waals surface area contributed by atoms with Crippen molar-refractivity contribution in [2.45, 2.75) is 76.9 Å². The number of nitrogens with zero attached hydrogens (tertiary/aromatic N) is 6. The molecule has 1 amide bonds. The summed E-state index contributed by atoms with van der Waals surface area (Å²) < 4.78 is 30.7. The third-order valence-electron chi connectivity index (χ3n) is 7.75. The molecule has 0 bridgehead atoms. The highest BCUT2D eigenvalue weighted by atomic mass is 19.3. The van der Waals surface area contributed by atoms with Crippen LogP contribution in [0.1, 0.15) is 87.3 Å². The van der Waals surface area contributed by atoms with Gasteiger partial charge in [-0.05, 0) is 57.4 Å². The van der Waals surface area contributed by atoms with Gasteiger partial charge in [0.15, 0.2) is 11.3 Å². The molecule has 5 rings (SSSR count). The average Bonchev–Trinajstić information content (AvgIpc) is 3.48. The molecule has 2 N–H and O–H groups in total. The van der Waals surface area contributed by atoms with Crippen LogP contribution >= 0.6 is 0 Å². The summed E-state index contributed by atoms with van der Waals surface area (Å²) in [6.07, 6.45) is 8.08. The van der Waals surface area contributed by atoms with Crippen molar-refractivity contribution >= 4 is 23.1 Å². The molecule has 4 heterocycles. The van der Waals surface area contributed by atoms with Crippen LogP contribution in [0.2, 0.25) is 0 Å². The van der Waals surface area contributed by atoms with E-state index in [1.54, 1.807) is 10.9 Å². The highest BCUT2D eigenvalue weighted by Crippen LogP contribution is 2.36. The summed E-state index contributed by atoms with van der Waals surface area (Å²) in [4.78, 5) is 19.9. The first-order valence-electron chi connectivity index (χ1n) is 12.7. The van der Waals surface area contributed by atoms with Crippen LogP contribution in [-0.2, 0) is 0 Å². The molecule has 36 heavy (non-hydrogen) atoms. The highest BCUT2D eigenvalue weighted by molar-refractivity contribution is 6.08. The smallest absolute Gasteiger partial charge is 0.284 e. The summed E-state index contributed by atoms with van der Waals surface area (Å²) in [6, 6.07) is 1.87. The Kier molecular flexibility index (Phi) is 6.67. The lowest BCUT2D eigenvalue weighted by Gasteiger charge is -2.36. The zero-order valence-electron chi connectivity index (χ0n) is 20.7. The van der Waals surface area contributed by atoms with Crippen LogP contribution in [0.25, 0.3) is 5.65 Å². The van der Waals surface area contributed by atoms with E-state index in [9.17, 15) is 18.7 Å². The molecule has 1 saturated carbocycles. The first kappa shape index (κ1) is 24.6. The molecular formula is C25H33F2N7O2. The Balaban J connectivity index is 1.36. The van der Waals surface area contributed by atoms with Crippen molar-refractivity contribution in [3.05, 3.63) is 35.9 Å².